The molecule has 0 bridgehead atoms. The summed E-state index contributed by atoms with van der Waals surface area (Å²) in [6.45, 7) is 3.92. The van der Waals surface area contributed by atoms with Crippen LogP contribution in [0.5, 0.6) is 0 Å². The van der Waals surface area contributed by atoms with Crippen molar-refractivity contribution in [2.24, 2.45) is 0 Å². The SMILES string of the molecule is CN(c1ccccc1)[C@@H]1COC2(CCN(Cc3ncc[nH]3)CC2)C1. The Balaban J connectivity index is 1.33. The van der Waals surface area contributed by atoms with E-state index in [9.17, 15) is 0 Å². The number of aromatic amines is 1. The number of hydrogen-bond acceptors (Lipinski definition) is 4. The van der Waals surface area contributed by atoms with Gasteiger partial charge in [-0.2, -0.15) is 0 Å². The molecule has 5 nitrogen and oxygen atoms in total. The molecule has 2 aliphatic rings. The Labute approximate surface area is 143 Å². The third-order valence-corrected chi connectivity index (χ3v) is 5.60. The van der Waals surface area contributed by atoms with Gasteiger partial charge in [0.25, 0.3) is 0 Å². The van der Waals surface area contributed by atoms with Crippen LogP contribution in [0.2, 0.25) is 0 Å². The molecule has 3 heterocycles. The highest BCUT2D eigenvalue weighted by Gasteiger charge is 2.43. The summed E-state index contributed by atoms with van der Waals surface area (Å²) in [5.41, 5.74) is 1.35. The molecule has 128 valence electrons. The van der Waals surface area contributed by atoms with E-state index in [-0.39, 0.29) is 5.60 Å². The first kappa shape index (κ1) is 15.7. The van der Waals surface area contributed by atoms with Crippen LogP contribution in [0.3, 0.4) is 0 Å². The van der Waals surface area contributed by atoms with Crippen LogP contribution in [-0.2, 0) is 11.3 Å². The summed E-state index contributed by atoms with van der Waals surface area (Å²) >= 11 is 0. The zero-order valence-corrected chi connectivity index (χ0v) is 14.3. The van der Waals surface area contributed by atoms with E-state index in [2.05, 4.69) is 57.1 Å². The predicted octanol–water partition coefficient (Wildman–Crippen LogP) is 2.67. The zero-order chi connectivity index (χ0) is 16.4. The number of piperidine rings is 1. The quantitative estimate of drug-likeness (QED) is 0.938. The van der Waals surface area contributed by atoms with Crippen LogP contribution >= 0.6 is 0 Å². The van der Waals surface area contributed by atoms with Gasteiger partial charge in [-0.1, -0.05) is 18.2 Å². The number of likely N-dealkylation sites (N-methyl/N-ethyl adjacent to an activating group) is 1. The summed E-state index contributed by atoms with van der Waals surface area (Å²) in [6.07, 6.45) is 7.09. The molecular formula is C19H26N4O. The number of H-pyrrole nitrogens is 1. The molecule has 5 heteroatoms. The van der Waals surface area contributed by atoms with Crippen molar-refractivity contribution >= 4 is 5.69 Å². The van der Waals surface area contributed by atoms with Gasteiger partial charge in [-0.15, -0.1) is 0 Å². The highest BCUT2D eigenvalue weighted by Crippen LogP contribution is 2.38. The summed E-state index contributed by atoms with van der Waals surface area (Å²) < 4.78 is 6.33. The van der Waals surface area contributed by atoms with Gasteiger partial charge in [0.2, 0.25) is 0 Å². The molecule has 1 aromatic heterocycles. The van der Waals surface area contributed by atoms with Crippen LogP contribution in [0.25, 0.3) is 0 Å². The summed E-state index contributed by atoms with van der Waals surface area (Å²) in [5, 5.41) is 0. The lowest BCUT2D eigenvalue weighted by Gasteiger charge is -2.38. The van der Waals surface area contributed by atoms with Crippen molar-refractivity contribution in [3.63, 3.8) is 0 Å². The second kappa shape index (κ2) is 6.57. The van der Waals surface area contributed by atoms with E-state index < -0.39 is 0 Å². The number of nitrogens with one attached hydrogen (secondary N) is 1. The molecule has 2 saturated heterocycles. The highest BCUT2D eigenvalue weighted by molar-refractivity contribution is 5.46. The third kappa shape index (κ3) is 3.19. The Bertz CT molecular complexity index is 635. The number of aromatic nitrogens is 2. The lowest BCUT2D eigenvalue weighted by atomic mass is 9.87. The Hall–Kier alpha value is -1.85. The van der Waals surface area contributed by atoms with E-state index >= 15 is 0 Å². The molecule has 1 spiro atoms. The number of anilines is 1. The van der Waals surface area contributed by atoms with Crippen molar-refractivity contribution in [2.45, 2.75) is 37.5 Å². The van der Waals surface area contributed by atoms with E-state index in [1.165, 1.54) is 5.69 Å². The first-order chi connectivity index (χ1) is 11.7. The van der Waals surface area contributed by atoms with E-state index in [0.717, 1.165) is 51.3 Å². The second-order valence-electron chi connectivity index (χ2n) is 7.11. The fourth-order valence-corrected chi connectivity index (χ4v) is 4.01. The molecule has 1 aromatic carbocycles. The standard InChI is InChI=1S/C19H26N4O/c1-22(16-5-3-2-4-6-16)17-13-19(24-15-17)7-11-23(12-8-19)14-18-20-9-10-21-18/h2-6,9-10,17H,7-8,11-15H2,1H3,(H,20,21)/t17-/m0/s1. The summed E-state index contributed by atoms with van der Waals surface area (Å²) in [6, 6.07) is 11.1. The Morgan fingerprint density at radius 2 is 2.08 bits per heavy atom. The Morgan fingerprint density at radius 1 is 1.29 bits per heavy atom. The number of benzene rings is 1. The van der Waals surface area contributed by atoms with Gasteiger partial charge >= 0.3 is 0 Å². The molecule has 4 rings (SSSR count). The molecule has 1 atom stereocenters. The predicted molar refractivity (Wildman–Crippen MR) is 95.0 cm³/mol. The maximum atomic E-state index is 6.33. The smallest absolute Gasteiger partial charge is 0.120 e. The molecule has 2 aliphatic heterocycles. The van der Waals surface area contributed by atoms with Crippen LogP contribution in [-0.4, -0.2) is 53.3 Å². The zero-order valence-electron chi connectivity index (χ0n) is 14.3. The van der Waals surface area contributed by atoms with Gasteiger partial charge in [-0.3, -0.25) is 4.90 Å². The first-order valence-corrected chi connectivity index (χ1v) is 8.87. The van der Waals surface area contributed by atoms with E-state index in [1.54, 1.807) is 0 Å². The minimum absolute atomic E-state index is 0.0768. The van der Waals surface area contributed by atoms with Gasteiger partial charge in [-0.05, 0) is 31.4 Å². The van der Waals surface area contributed by atoms with Gasteiger partial charge in [0.15, 0.2) is 0 Å². The molecule has 0 aliphatic carbocycles. The minimum atomic E-state index is 0.0768. The van der Waals surface area contributed by atoms with Gasteiger partial charge in [-0.25, -0.2) is 4.98 Å². The van der Waals surface area contributed by atoms with Crippen molar-refractivity contribution in [3.05, 3.63) is 48.5 Å². The average molecular weight is 326 g/mol. The lowest BCUT2D eigenvalue weighted by molar-refractivity contribution is -0.0451. The van der Waals surface area contributed by atoms with E-state index in [0.29, 0.717) is 6.04 Å². The molecule has 24 heavy (non-hydrogen) atoms. The fourth-order valence-electron chi connectivity index (χ4n) is 4.01. The van der Waals surface area contributed by atoms with Crippen molar-refractivity contribution in [1.82, 2.24) is 14.9 Å². The Morgan fingerprint density at radius 3 is 2.79 bits per heavy atom. The molecule has 0 saturated carbocycles. The first-order valence-electron chi connectivity index (χ1n) is 8.87. The number of imidazole rings is 1. The maximum absolute atomic E-state index is 6.33. The van der Waals surface area contributed by atoms with E-state index in [1.807, 2.05) is 12.4 Å². The molecule has 2 fully saturated rings. The summed E-state index contributed by atoms with van der Waals surface area (Å²) in [5.74, 6) is 1.06. The average Bonchev–Trinajstić information content (AvgIpc) is 3.28. The number of rotatable bonds is 4. The fraction of sp³-hybridized carbons (Fsp3) is 0.526. The molecule has 2 aromatic rings. The maximum Gasteiger partial charge on any atom is 0.120 e. The molecule has 1 N–H and O–H groups in total. The van der Waals surface area contributed by atoms with Crippen molar-refractivity contribution in [3.8, 4) is 0 Å². The molecular weight excluding hydrogens is 300 g/mol. The van der Waals surface area contributed by atoms with Crippen molar-refractivity contribution < 1.29 is 4.74 Å². The molecule has 0 amide bonds. The largest absolute Gasteiger partial charge is 0.373 e. The number of ether oxygens (including phenoxy) is 1. The highest BCUT2D eigenvalue weighted by atomic mass is 16.5. The molecule has 0 unspecified atom stereocenters. The van der Waals surface area contributed by atoms with E-state index in [4.69, 9.17) is 4.74 Å². The van der Waals surface area contributed by atoms with Crippen LogP contribution in [0.15, 0.2) is 42.7 Å². The van der Waals surface area contributed by atoms with Gasteiger partial charge in [0.1, 0.15) is 5.82 Å². The lowest BCUT2D eigenvalue weighted by Crippen LogP contribution is -2.44. The van der Waals surface area contributed by atoms with Gasteiger partial charge in [0, 0.05) is 38.2 Å². The monoisotopic (exact) mass is 326 g/mol. The van der Waals surface area contributed by atoms with Crippen molar-refractivity contribution in [1.29, 1.82) is 0 Å². The van der Waals surface area contributed by atoms with Crippen LogP contribution in [0.1, 0.15) is 25.1 Å². The molecule has 0 radical (unpaired) electrons. The normalized spacial score (nSPS) is 23.6. The summed E-state index contributed by atoms with van der Waals surface area (Å²) in [4.78, 5) is 12.4. The topological polar surface area (TPSA) is 44.4 Å². The number of nitrogens with zero attached hydrogens (tertiary/aromatic N) is 3. The van der Waals surface area contributed by atoms with Gasteiger partial charge in [0.05, 0.1) is 24.8 Å². The Kier molecular flexibility index (Phi) is 4.29. The van der Waals surface area contributed by atoms with Crippen LogP contribution in [0.4, 0.5) is 5.69 Å². The van der Waals surface area contributed by atoms with Crippen molar-refractivity contribution in [2.75, 3.05) is 31.6 Å². The van der Waals surface area contributed by atoms with Crippen LogP contribution in [0, 0.1) is 0 Å². The van der Waals surface area contributed by atoms with Crippen LogP contribution < -0.4 is 4.90 Å². The third-order valence-electron chi connectivity index (χ3n) is 5.60. The minimum Gasteiger partial charge on any atom is -0.373 e. The number of likely N-dealkylation sites (tertiary alicyclic amines) is 1. The van der Waals surface area contributed by atoms with Gasteiger partial charge < -0.3 is 14.6 Å². The number of hydrogen-bond donors (Lipinski definition) is 1. The number of para-hydroxylation sites is 1. The second-order valence-corrected chi connectivity index (χ2v) is 7.11. The summed E-state index contributed by atoms with van der Waals surface area (Å²) in [7, 11) is 2.19.